The molecule has 4 heterocycles. The molecule has 1 fully saturated rings. The second-order valence-electron chi connectivity index (χ2n) is 7.81. The van der Waals surface area contributed by atoms with Gasteiger partial charge in [0.1, 0.15) is 5.75 Å². The number of nitrogens with one attached hydrogen (secondary N) is 1. The molecule has 5 rings (SSSR count). The summed E-state index contributed by atoms with van der Waals surface area (Å²) in [4.78, 5) is 11.4. The van der Waals surface area contributed by atoms with Gasteiger partial charge in [0.2, 0.25) is 0 Å². The minimum atomic E-state index is -0.0845. The van der Waals surface area contributed by atoms with Crippen LogP contribution in [0.2, 0.25) is 0 Å². The Hall–Kier alpha value is -3.71. The van der Waals surface area contributed by atoms with Gasteiger partial charge >= 0.3 is 0 Å². The van der Waals surface area contributed by atoms with Crippen LogP contribution in [0.4, 0.5) is 0 Å². The summed E-state index contributed by atoms with van der Waals surface area (Å²) in [7, 11) is 0. The molecule has 0 unspecified atom stereocenters. The average molecular weight is 456 g/mol. The summed E-state index contributed by atoms with van der Waals surface area (Å²) in [6, 6.07) is 24.2. The van der Waals surface area contributed by atoms with Crippen molar-refractivity contribution in [2.45, 2.75) is 25.6 Å². The monoisotopic (exact) mass is 455 g/mol. The first-order valence-electron chi connectivity index (χ1n) is 11.0. The fourth-order valence-corrected chi connectivity index (χ4v) is 4.61. The molecule has 1 saturated heterocycles. The number of ether oxygens (including phenoxy) is 1. The van der Waals surface area contributed by atoms with Crippen LogP contribution in [-0.4, -0.2) is 31.2 Å². The molecule has 0 aliphatic carbocycles. The number of thiocarbonyl (C=S) groups is 1. The molecule has 0 bridgehead atoms. The van der Waals surface area contributed by atoms with E-state index in [1.54, 1.807) is 0 Å². The summed E-state index contributed by atoms with van der Waals surface area (Å²) >= 11 is 5.81. The van der Waals surface area contributed by atoms with Crippen LogP contribution in [0.3, 0.4) is 0 Å². The van der Waals surface area contributed by atoms with Crippen LogP contribution in [-0.2, 0) is 6.54 Å². The molecule has 1 aliphatic rings. The maximum absolute atomic E-state index is 5.81. The Balaban J connectivity index is 1.56. The maximum Gasteiger partial charge on any atom is 0.170 e. The lowest BCUT2D eigenvalue weighted by Crippen LogP contribution is -2.30. The van der Waals surface area contributed by atoms with Crippen molar-refractivity contribution in [3.63, 3.8) is 0 Å². The van der Waals surface area contributed by atoms with E-state index in [1.165, 1.54) is 0 Å². The van der Waals surface area contributed by atoms with Crippen LogP contribution >= 0.6 is 12.2 Å². The van der Waals surface area contributed by atoms with Crippen molar-refractivity contribution in [2.75, 3.05) is 6.61 Å². The Bertz CT molecular complexity index is 1210. The lowest BCUT2D eigenvalue weighted by atomic mass is 10.0. The van der Waals surface area contributed by atoms with E-state index in [9.17, 15) is 0 Å². The van der Waals surface area contributed by atoms with Crippen molar-refractivity contribution < 1.29 is 4.74 Å². The summed E-state index contributed by atoms with van der Waals surface area (Å²) in [6.45, 7) is 3.24. The summed E-state index contributed by atoms with van der Waals surface area (Å²) in [5.74, 6) is 0.863. The zero-order chi connectivity index (χ0) is 22.6. The van der Waals surface area contributed by atoms with E-state index in [-0.39, 0.29) is 12.1 Å². The van der Waals surface area contributed by atoms with Crippen molar-refractivity contribution in [2.24, 2.45) is 0 Å². The number of hydrogen-bond acceptors (Lipinski definition) is 4. The minimum absolute atomic E-state index is 0.0593. The normalized spacial score (nSPS) is 17.7. The Morgan fingerprint density at radius 2 is 1.73 bits per heavy atom. The van der Waals surface area contributed by atoms with Crippen LogP contribution in [0, 0.1) is 0 Å². The fourth-order valence-electron chi connectivity index (χ4n) is 4.30. The SMILES string of the molecule is CCOc1ccc(-n2cccc2[C@@H]2[C@@H](c3ccccn3)NC(=S)N2Cc2ccccn2)cc1. The largest absolute Gasteiger partial charge is 0.494 e. The number of hydrogen-bond donors (Lipinski definition) is 1. The third-order valence-electron chi connectivity index (χ3n) is 5.77. The first-order chi connectivity index (χ1) is 16.2. The summed E-state index contributed by atoms with van der Waals surface area (Å²) in [5.41, 5.74) is 4.10. The van der Waals surface area contributed by atoms with Crippen LogP contribution in [0.25, 0.3) is 5.69 Å². The van der Waals surface area contributed by atoms with Gasteiger partial charge in [-0.2, -0.15) is 0 Å². The molecule has 0 radical (unpaired) electrons. The highest BCUT2D eigenvalue weighted by atomic mass is 32.1. The molecule has 166 valence electrons. The molecule has 2 atom stereocenters. The summed E-state index contributed by atoms with van der Waals surface area (Å²) < 4.78 is 7.83. The van der Waals surface area contributed by atoms with Gasteiger partial charge in [-0.1, -0.05) is 12.1 Å². The molecular formula is C26H25N5OS. The van der Waals surface area contributed by atoms with E-state index in [4.69, 9.17) is 17.0 Å². The summed E-state index contributed by atoms with van der Waals surface area (Å²) in [5, 5.41) is 4.21. The van der Waals surface area contributed by atoms with Crippen molar-refractivity contribution in [3.8, 4) is 11.4 Å². The first-order valence-corrected chi connectivity index (χ1v) is 11.4. The van der Waals surface area contributed by atoms with Crippen molar-refractivity contribution in [3.05, 3.63) is 108 Å². The molecular weight excluding hydrogens is 430 g/mol. The average Bonchev–Trinajstić information content (AvgIpc) is 3.46. The predicted molar refractivity (Wildman–Crippen MR) is 132 cm³/mol. The van der Waals surface area contributed by atoms with Gasteiger partial charge in [0.15, 0.2) is 5.11 Å². The number of benzene rings is 1. The van der Waals surface area contributed by atoms with Gasteiger partial charge in [-0.25, -0.2) is 0 Å². The van der Waals surface area contributed by atoms with Crippen LogP contribution in [0.1, 0.15) is 36.1 Å². The van der Waals surface area contributed by atoms with Crippen LogP contribution in [0.5, 0.6) is 5.75 Å². The van der Waals surface area contributed by atoms with Gasteiger partial charge in [-0.15, -0.1) is 0 Å². The molecule has 4 aromatic rings. The van der Waals surface area contributed by atoms with Gasteiger partial charge < -0.3 is 19.5 Å². The third-order valence-corrected chi connectivity index (χ3v) is 6.12. The number of pyridine rings is 2. The second-order valence-corrected chi connectivity index (χ2v) is 8.19. The van der Waals surface area contributed by atoms with Crippen LogP contribution < -0.4 is 10.1 Å². The molecule has 1 aromatic carbocycles. The van der Waals surface area contributed by atoms with Gasteiger partial charge in [-0.3, -0.25) is 9.97 Å². The van der Waals surface area contributed by atoms with E-state index in [2.05, 4.69) is 55.2 Å². The van der Waals surface area contributed by atoms with Crippen LogP contribution in [0.15, 0.2) is 91.4 Å². The van der Waals surface area contributed by atoms with E-state index >= 15 is 0 Å². The quantitative estimate of drug-likeness (QED) is 0.403. The summed E-state index contributed by atoms with van der Waals surface area (Å²) in [6.07, 6.45) is 5.72. The van der Waals surface area contributed by atoms with E-state index in [0.717, 1.165) is 28.5 Å². The number of nitrogens with zero attached hydrogens (tertiary/aromatic N) is 4. The Labute approximate surface area is 198 Å². The topological polar surface area (TPSA) is 55.2 Å². The van der Waals surface area contributed by atoms with Crippen molar-refractivity contribution >= 4 is 17.3 Å². The lowest BCUT2D eigenvalue weighted by Gasteiger charge is -2.28. The highest BCUT2D eigenvalue weighted by molar-refractivity contribution is 7.80. The zero-order valence-electron chi connectivity index (χ0n) is 18.3. The van der Waals surface area contributed by atoms with Gasteiger partial charge in [0.25, 0.3) is 0 Å². The van der Waals surface area contributed by atoms with Gasteiger partial charge in [0.05, 0.1) is 36.6 Å². The van der Waals surface area contributed by atoms with E-state index in [1.807, 2.05) is 67.8 Å². The third kappa shape index (κ3) is 4.32. The van der Waals surface area contributed by atoms with Gasteiger partial charge in [0, 0.05) is 30.0 Å². The highest BCUT2D eigenvalue weighted by Gasteiger charge is 2.41. The first kappa shape index (κ1) is 21.2. The van der Waals surface area contributed by atoms with E-state index in [0.29, 0.717) is 18.3 Å². The fraction of sp³-hybridized carbons (Fsp3) is 0.192. The second kappa shape index (κ2) is 9.42. The smallest absolute Gasteiger partial charge is 0.170 e. The lowest BCUT2D eigenvalue weighted by molar-refractivity contribution is 0.299. The van der Waals surface area contributed by atoms with Crippen molar-refractivity contribution in [1.82, 2.24) is 24.8 Å². The maximum atomic E-state index is 5.81. The molecule has 1 N–H and O–H groups in total. The van der Waals surface area contributed by atoms with Gasteiger partial charge in [-0.05, 0) is 79.8 Å². The molecule has 6 nitrogen and oxygen atoms in total. The number of aromatic nitrogens is 3. The highest BCUT2D eigenvalue weighted by Crippen LogP contribution is 2.40. The molecule has 0 amide bonds. The molecule has 7 heteroatoms. The molecule has 1 aliphatic heterocycles. The number of rotatable bonds is 7. The molecule has 0 saturated carbocycles. The van der Waals surface area contributed by atoms with E-state index < -0.39 is 0 Å². The Morgan fingerprint density at radius 1 is 0.939 bits per heavy atom. The molecule has 33 heavy (non-hydrogen) atoms. The van der Waals surface area contributed by atoms with Crippen molar-refractivity contribution in [1.29, 1.82) is 0 Å². The zero-order valence-corrected chi connectivity index (χ0v) is 19.2. The Kier molecular flexibility index (Phi) is 6.04. The predicted octanol–water partition coefficient (Wildman–Crippen LogP) is 4.84. The Morgan fingerprint density at radius 3 is 2.42 bits per heavy atom. The standard InChI is InChI=1S/C26H25N5OS/c1-2-32-21-13-11-20(12-14-21)30-17-7-10-23(30)25-24(22-9-4-6-16-28-22)29-26(33)31(25)18-19-8-3-5-15-27-19/h3-17,24-25H,2,18H2,1H3,(H,29,33)/t24-,25-/m1/s1. The minimum Gasteiger partial charge on any atom is -0.494 e. The molecule has 0 spiro atoms. The molecule has 3 aromatic heterocycles.